The van der Waals surface area contributed by atoms with E-state index in [1.807, 2.05) is 43.3 Å². The average Bonchev–Trinajstić information content (AvgIpc) is 2.99. The van der Waals surface area contributed by atoms with Crippen LogP contribution in [0.1, 0.15) is 17.5 Å². The monoisotopic (exact) mass is 485 g/mol. The molecule has 8 heteroatoms. The first kappa shape index (κ1) is 21.1. The highest BCUT2D eigenvalue weighted by Gasteiger charge is 2.34. The minimum absolute atomic E-state index is 0.0103. The number of hydrogen-bond acceptors (Lipinski definition) is 4. The standard InChI is InChI=1S/C20H21BrClNO4S/c1-14-9-16(21)10-18(22)20(14)27-12-19(24)23(11-15-5-3-2-4-6-15)17-7-8-28(25,26)13-17/h2-6,9-10,17H,7-8,11-13H2,1H3/t17-/m0/s1. The summed E-state index contributed by atoms with van der Waals surface area (Å²) in [5.74, 6) is 0.291. The number of benzene rings is 2. The highest BCUT2D eigenvalue weighted by atomic mass is 79.9. The van der Waals surface area contributed by atoms with Crippen LogP contribution < -0.4 is 4.74 Å². The first-order chi connectivity index (χ1) is 13.2. The first-order valence-electron chi connectivity index (χ1n) is 8.87. The number of halogens is 2. The Morgan fingerprint density at radius 1 is 1.29 bits per heavy atom. The van der Waals surface area contributed by atoms with Gasteiger partial charge in [0.25, 0.3) is 5.91 Å². The number of sulfone groups is 1. The molecule has 1 saturated heterocycles. The van der Waals surface area contributed by atoms with Crippen LogP contribution in [-0.4, -0.2) is 43.4 Å². The number of carbonyl (C=O) groups is 1. The molecular formula is C20H21BrClNO4S. The van der Waals surface area contributed by atoms with Crippen molar-refractivity contribution in [3.63, 3.8) is 0 Å². The van der Waals surface area contributed by atoms with Crippen LogP contribution in [0.2, 0.25) is 5.02 Å². The van der Waals surface area contributed by atoms with E-state index in [4.69, 9.17) is 16.3 Å². The average molecular weight is 487 g/mol. The van der Waals surface area contributed by atoms with E-state index >= 15 is 0 Å². The molecule has 0 saturated carbocycles. The summed E-state index contributed by atoms with van der Waals surface area (Å²) in [7, 11) is -3.11. The fourth-order valence-electron chi connectivity index (χ4n) is 3.31. The predicted octanol–water partition coefficient (Wildman–Crippen LogP) is 4.01. The van der Waals surface area contributed by atoms with Gasteiger partial charge in [-0.15, -0.1) is 0 Å². The van der Waals surface area contributed by atoms with Gasteiger partial charge in [0.05, 0.1) is 16.5 Å². The maximum absolute atomic E-state index is 13.0. The number of rotatable bonds is 6. The first-order valence-corrected chi connectivity index (χ1v) is 11.9. The Hall–Kier alpha value is -1.57. The summed E-state index contributed by atoms with van der Waals surface area (Å²) in [5, 5.41) is 0.415. The van der Waals surface area contributed by atoms with E-state index in [9.17, 15) is 13.2 Å². The molecule has 0 aromatic heterocycles. The molecule has 1 fully saturated rings. The van der Waals surface area contributed by atoms with Crippen LogP contribution in [0.3, 0.4) is 0 Å². The van der Waals surface area contributed by atoms with Crippen LogP contribution in [0, 0.1) is 6.92 Å². The number of hydrogen-bond donors (Lipinski definition) is 0. The molecule has 0 aliphatic carbocycles. The smallest absolute Gasteiger partial charge is 0.261 e. The molecule has 0 N–H and O–H groups in total. The molecule has 28 heavy (non-hydrogen) atoms. The highest BCUT2D eigenvalue weighted by molar-refractivity contribution is 9.10. The Kier molecular flexibility index (Phi) is 6.68. The summed E-state index contributed by atoms with van der Waals surface area (Å²) in [4.78, 5) is 14.6. The summed E-state index contributed by atoms with van der Waals surface area (Å²) in [6, 6.07) is 12.7. The normalized spacial score (nSPS) is 18.0. The van der Waals surface area contributed by atoms with Crippen LogP contribution in [0.5, 0.6) is 5.75 Å². The molecule has 0 bridgehead atoms. The van der Waals surface area contributed by atoms with Crippen molar-refractivity contribution in [3.05, 3.63) is 63.1 Å². The van der Waals surface area contributed by atoms with Crippen molar-refractivity contribution in [3.8, 4) is 5.75 Å². The van der Waals surface area contributed by atoms with Gasteiger partial charge < -0.3 is 9.64 Å². The van der Waals surface area contributed by atoms with Crippen molar-refractivity contribution in [1.82, 2.24) is 4.90 Å². The van der Waals surface area contributed by atoms with Crippen molar-refractivity contribution in [2.45, 2.75) is 25.9 Å². The van der Waals surface area contributed by atoms with Gasteiger partial charge in [-0.2, -0.15) is 0 Å². The van der Waals surface area contributed by atoms with Gasteiger partial charge in [-0.25, -0.2) is 8.42 Å². The summed E-state index contributed by atoms with van der Waals surface area (Å²) in [6.45, 7) is 1.99. The topological polar surface area (TPSA) is 63.7 Å². The van der Waals surface area contributed by atoms with Crippen LogP contribution in [0.25, 0.3) is 0 Å². The van der Waals surface area contributed by atoms with E-state index in [1.54, 1.807) is 11.0 Å². The second-order valence-corrected chi connectivity index (χ2v) is 10.4. The van der Waals surface area contributed by atoms with Crippen LogP contribution in [-0.2, 0) is 21.2 Å². The molecule has 150 valence electrons. The minimum atomic E-state index is -3.11. The Bertz CT molecular complexity index is 942. The maximum atomic E-state index is 13.0. The maximum Gasteiger partial charge on any atom is 0.261 e. The molecule has 0 unspecified atom stereocenters. The molecule has 5 nitrogen and oxygen atoms in total. The largest absolute Gasteiger partial charge is 0.482 e. The molecule has 1 atom stereocenters. The van der Waals surface area contributed by atoms with E-state index in [2.05, 4.69) is 15.9 Å². The van der Waals surface area contributed by atoms with Gasteiger partial charge in [0.15, 0.2) is 16.4 Å². The SMILES string of the molecule is Cc1cc(Br)cc(Cl)c1OCC(=O)N(Cc1ccccc1)[C@H]1CCS(=O)(=O)C1. The van der Waals surface area contributed by atoms with Gasteiger partial charge in [-0.1, -0.05) is 57.9 Å². The molecule has 3 rings (SSSR count). The van der Waals surface area contributed by atoms with Crippen LogP contribution in [0.15, 0.2) is 46.9 Å². The van der Waals surface area contributed by atoms with Crippen molar-refractivity contribution in [1.29, 1.82) is 0 Å². The van der Waals surface area contributed by atoms with Crippen LogP contribution in [0.4, 0.5) is 0 Å². The van der Waals surface area contributed by atoms with Gasteiger partial charge in [-0.3, -0.25) is 4.79 Å². The minimum Gasteiger partial charge on any atom is -0.482 e. The Morgan fingerprint density at radius 3 is 2.61 bits per heavy atom. The lowest BCUT2D eigenvalue weighted by atomic mass is 10.1. The fourth-order valence-corrected chi connectivity index (χ4v) is 6.07. The van der Waals surface area contributed by atoms with Gasteiger partial charge in [0.1, 0.15) is 5.75 Å². The third-order valence-electron chi connectivity index (χ3n) is 4.70. The van der Waals surface area contributed by atoms with Crippen molar-refractivity contribution in [2.75, 3.05) is 18.1 Å². The van der Waals surface area contributed by atoms with E-state index in [0.29, 0.717) is 23.7 Å². The number of nitrogens with zero attached hydrogens (tertiary/aromatic N) is 1. The Morgan fingerprint density at radius 2 is 2.00 bits per heavy atom. The molecule has 1 heterocycles. The highest BCUT2D eigenvalue weighted by Crippen LogP contribution is 2.32. The lowest BCUT2D eigenvalue weighted by Gasteiger charge is -2.28. The summed E-state index contributed by atoms with van der Waals surface area (Å²) < 4.78 is 30.4. The summed E-state index contributed by atoms with van der Waals surface area (Å²) >= 11 is 9.60. The van der Waals surface area contributed by atoms with Crippen molar-refractivity contribution >= 4 is 43.3 Å². The van der Waals surface area contributed by atoms with Crippen molar-refractivity contribution in [2.24, 2.45) is 0 Å². The molecule has 1 amide bonds. The zero-order valence-corrected chi connectivity index (χ0v) is 18.6. The Labute approximate surface area is 178 Å². The van der Waals surface area contributed by atoms with E-state index in [1.165, 1.54) is 0 Å². The zero-order chi connectivity index (χ0) is 20.3. The quantitative estimate of drug-likeness (QED) is 0.619. The van der Waals surface area contributed by atoms with E-state index < -0.39 is 9.84 Å². The molecule has 1 aliphatic rings. The van der Waals surface area contributed by atoms with E-state index in [0.717, 1.165) is 15.6 Å². The third kappa shape index (κ3) is 5.27. The predicted molar refractivity (Wildman–Crippen MR) is 113 cm³/mol. The lowest BCUT2D eigenvalue weighted by Crippen LogP contribution is -2.43. The molecule has 1 aliphatic heterocycles. The second kappa shape index (κ2) is 8.84. The number of carbonyl (C=O) groups excluding carboxylic acids is 1. The summed E-state index contributed by atoms with van der Waals surface area (Å²) in [6.07, 6.45) is 0.443. The second-order valence-electron chi connectivity index (χ2n) is 6.89. The molecular weight excluding hydrogens is 466 g/mol. The zero-order valence-electron chi connectivity index (χ0n) is 15.4. The number of ether oxygens (including phenoxy) is 1. The van der Waals surface area contributed by atoms with Crippen molar-refractivity contribution < 1.29 is 17.9 Å². The van der Waals surface area contributed by atoms with Crippen LogP contribution >= 0.6 is 27.5 Å². The number of amides is 1. The molecule has 0 spiro atoms. The molecule has 2 aromatic carbocycles. The van der Waals surface area contributed by atoms with Gasteiger partial charge in [0.2, 0.25) is 0 Å². The third-order valence-corrected chi connectivity index (χ3v) is 7.19. The molecule has 2 aromatic rings. The lowest BCUT2D eigenvalue weighted by molar-refractivity contribution is -0.136. The van der Waals surface area contributed by atoms with Gasteiger partial charge in [-0.05, 0) is 36.6 Å². The fraction of sp³-hybridized carbons (Fsp3) is 0.350. The van der Waals surface area contributed by atoms with Gasteiger partial charge in [0, 0.05) is 17.1 Å². The van der Waals surface area contributed by atoms with Gasteiger partial charge >= 0.3 is 0 Å². The number of aryl methyl sites for hydroxylation is 1. The molecule has 0 radical (unpaired) electrons. The summed E-state index contributed by atoms with van der Waals surface area (Å²) in [5.41, 5.74) is 1.75. The Balaban J connectivity index is 1.77. The van der Waals surface area contributed by atoms with E-state index in [-0.39, 0.29) is 30.1 Å².